The van der Waals surface area contributed by atoms with Crippen molar-refractivity contribution in [1.29, 1.82) is 0 Å². The molecule has 6 aromatic heterocycles. The molecule has 5 aliphatic rings. The molecule has 0 saturated carbocycles. The average molecular weight is 1170 g/mol. The molecule has 0 atom stereocenters. The lowest BCUT2D eigenvalue weighted by Gasteiger charge is -2.32. The van der Waals surface area contributed by atoms with Gasteiger partial charge in [-0.2, -0.15) is 20.4 Å². The number of hydrogen-bond acceptors (Lipinski definition) is 14. The number of benzene rings is 2. The molecule has 78 heavy (non-hydrogen) atoms. The largest absolute Gasteiger partial charge is 0.494 e. The summed E-state index contributed by atoms with van der Waals surface area (Å²) in [5, 5.41) is 20.2. The smallest absolute Gasteiger partial charge is 0.399 e. The van der Waals surface area contributed by atoms with Gasteiger partial charge in [0.05, 0.1) is 91.2 Å². The SMILES string of the molecule is CC(=O)N1CCn2c(N3CCOCC3)nc(-c3ccc4c(c3)c(-c3cnn(C)c3)nn4C)c2C1.CC(=O)N1CCn2c(N3CCOCC3)nc(I)c2C1.Cn1cc(-c2nn(C)c3ccc(B4OC(C)(C)C(C)(C)O4)cc23)cn1. The summed E-state index contributed by atoms with van der Waals surface area (Å²) in [6.07, 6.45) is 7.63. The summed E-state index contributed by atoms with van der Waals surface area (Å²) < 4.78 is 36.3. The summed E-state index contributed by atoms with van der Waals surface area (Å²) in [7, 11) is 7.35. The molecule has 2 amide bonds. The van der Waals surface area contributed by atoms with E-state index in [4.69, 9.17) is 33.8 Å². The van der Waals surface area contributed by atoms with Crippen LogP contribution in [0.15, 0.2) is 61.2 Å². The molecule has 0 aliphatic carbocycles. The summed E-state index contributed by atoms with van der Waals surface area (Å²) >= 11 is 2.27. The number of anilines is 2. The number of imidazole rings is 2. The van der Waals surface area contributed by atoms with Crippen molar-refractivity contribution < 1.29 is 28.4 Å². The first kappa shape index (κ1) is 53.4. The number of halogens is 1. The van der Waals surface area contributed by atoms with Crippen LogP contribution in [0, 0.1) is 3.70 Å². The maximum absolute atomic E-state index is 12.2. The first-order valence-electron chi connectivity index (χ1n) is 26.6. The molecule has 24 heteroatoms. The van der Waals surface area contributed by atoms with Crippen LogP contribution < -0.4 is 15.3 Å². The lowest BCUT2D eigenvalue weighted by atomic mass is 9.78. The zero-order valence-corrected chi connectivity index (χ0v) is 48.4. The fraction of sp³-hybridized carbons (Fsp3) is 0.481. The number of ether oxygens (including phenoxy) is 2. The molecule has 410 valence electrons. The maximum Gasteiger partial charge on any atom is 0.494 e. The molecule has 0 N–H and O–H groups in total. The van der Waals surface area contributed by atoms with E-state index in [2.05, 4.69) is 121 Å². The van der Waals surface area contributed by atoms with Gasteiger partial charge in [-0.15, -0.1) is 0 Å². The van der Waals surface area contributed by atoms with Gasteiger partial charge in [0.25, 0.3) is 0 Å². The highest BCUT2D eigenvalue weighted by Crippen LogP contribution is 2.39. The second-order valence-electron chi connectivity index (χ2n) is 21.6. The number of carbonyl (C=O) groups is 2. The van der Waals surface area contributed by atoms with Crippen molar-refractivity contribution in [3.05, 3.63) is 76.3 Å². The Morgan fingerprint density at radius 3 is 1.55 bits per heavy atom. The quantitative estimate of drug-likeness (QED) is 0.160. The lowest BCUT2D eigenvalue weighted by Crippen LogP contribution is -2.41. The van der Waals surface area contributed by atoms with Gasteiger partial charge in [-0.05, 0) is 73.9 Å². The maximum atomic E-state index is 12.2. The van der Waals surface area contributed by atoms with Crippen LogP contribution in [0.25, 0.3) is 55.6 Å². The highest BCUT2D eigenvalue weighted by atomic mass is 127. The van der Waals surface area contributed by atoms with Crippen LogP contribution in [0.3, 0.4) is 0 Å². The van der Waals surface area contributed by atoms with Crippen molar-refractivity contribution in [3.63, 3.8) is 0 Å². The van der Waals surface area contributed by atoms with Crippen LogP contribution >= 0.6 is 22.6 Å². The number of amides is 2. The molecular weight excluding hydrogens is 1110 g/mol. The van der Waals surface area contributed by atoms with Crippen LogP contribution in [0.1, 0.15) is 52.9 Å². The van der Waals surface area contributed by atoms with E-state index in [1.54, 1.807) is 23.2 Å². The Labute approximate surface area is 467 Å². The predicted molar refractivity (Wildman–Crippen MR) is 306 cm³/mol. The molecule has 0 radical (unpaired) electrons. The summed E-state index contributed by atoms with van der Waals surface area (Å²) in [6.45, 7) is 22.1. The number of carbonyl (C=O) groups excluding carboxylic acids is 2. The number of aryl methyl sites for hydroxylation is 4. The van der Waals surface area contributed by atoms with Gasteiger partial charge in [0.2, 0.25) is 23.7 Å². The summed E-state index contributed by atoms with van der Waals surface area (Å²) in [6, 6.07) is 12.6. The van der Waals surface area contributed by atoms with E-state index >= 15 is 0 Å². The van der Waals surface area contributed by atoms with Crippen molar-refractivity contribution >= 4 is 80.7 Å². The average Bonchev–Trinajstić information content (AvgIpc) is 4.52. The molecule has 22 nitrogen and oxygen atoms in total. The van der Waals surface area contributed by atoms with Gasteiger partial charge in [0.15, 0.2) is 0 Å². The second-order valence-corrected chi connectivity index (χ2v) is 22.6. The first-order chi connectivity index (χ1) is 37.3. The van der Waals surface area contributed by atoms with Crippen LogP contribution in [0.5, 0.6) is 0 Å². The third kappa shape index (κ3) is 10.2. The Morgan fingerprint density at radius 1 is 0.577 bits per heavy atom. The molecule has 13 rings (SSSR count). The van der Waals surface area contributed by atoms with Gasteiger partial charge in [0, 0.05) is 134 Å². The van der Waals surface area contributed by atoms with Crippen LogP contribution in [0.2, 0.25) is 0 Å². The van der Waals surface area contributed by atoms with Gasteiger partial charge in [0.1, 0.15) is 15.1 Å². The van der Waals surface area contributed by atoms with E-state index in [0.717, 1.165) is 147 Å². The van der Waals surface area contributed by atoms with Crippen LogP contribution in [-0.2, 0) is 82.7 Å². The number of aromatic nitrogens is 12. The molecule has 0 unspecified atom stereocenters. The fourth-order valence-corrected chi connectivity index (χ4v) is 11.5. The molecule has 3 fully saturated rings. The Morgan fingerprint density at radius 2 is 1.05 bits per heavy atom. The molecule has 8 aromatic rings. The standard InChI is InChI=1S/C24H28N8O2.C18H23BN4O2.C12H17IN4O2/c1-16(33)31-6-7-32-21(15-31)23(26-24(32)30-8-10-34-11-9-30)17-4-5-20-19(12-17)22(27-29(20)3)18-13-25-28(2)14-18;1-17(2)18(3,4)25-19(24-17)13-7-8-15-14(9-13)16(21-23(15)6)12-10-20-22(5)11-12;1-9(18)16-2-3-17-10(8-16)11(13)14-12(17)15-4-6-19-7-5-15/h4-5,12-14H,6-11,15H2,1-3H3;7-11H,1-6H3;2-8H2,1H3. The van der Waals surface area contributed by atoms with Crippen molar-refractivity contribution in [2.24, 2.45) is 28.2 Å². The van der Waals surface area contributed by atoms with Gasteiger partial charge in [-0.3, -0.25) is 28.3 Å². The summed E-state index contributed by atoms with van der Waals surface area (Å²) in [5.74, 6) is 2.23. The minimum atomic E-state index is -0.378. The van der Waals surface area contributed by atoms with Crippen molar-refractivity contribution in [3.8, 4) is 33.8 Å². The molecule has 0 spiro atoms. The van der Waals surface area contributed by atoms with Crippen molar-refractivity contribution in [2.45, 2.75) is 78.9 Å². The Bertz CT molecular complexity index is 3520. The predicted octanol–water partition coefficient (Wildman–Crippen LogP) is 5.00. The third-order valence-electron chi connectivity index (χ3n) is 15.9. The molecule has 5 aliphatic heterocycles. The van der Waals surface area contributed by atoms with E-state index in [1.165, 1.54) is 0 Å². The molecular formula is C54H68BIN16O6. The topological polar surface area (TPSA) is 191 Å². The van der Waals surface area contributed by atoms with Crippen LogP contribution in [-0.4, -0.2) is 164 Å². The minimum Gasteiger partial charge on any atom is -0.399 e. The number of rotatable bonds is 6. The second kappa shape index (κ2) is 21.2. The fourth-order valence-electron chi connectivity index (χ4n) is 10.8. The van der Waals surface area contributed by atoms with Gasteiger partial charge < -0.3 is 47.5 Å². The third-order valence-corrected chi connectivity index (χ3v) is 16.7. The minimum absolute atomic E-state index is 0.0906. The van der Waals surface area contributed by atoms with E-state index in [0.29, 0.717) is 32.8 Å². The highest BCUT2D eigenvalue weighted by molar-refractivity contribution is 14.1. The monoisotopic (exact) mass is 1170 g/mol. The molecule has 3 saturated heterocycles. The zero-order chi connectivity index (χ0) is 54.8. The lowest BCUT2D eigenvalue weighted by molar-refractivity contribution is -0.131. The summed E-state index contributed by atoms with van der Waals surface area (Å²) in [4.78, 5) is 41.9. The Balaban J connectivity index is 0.000000130. The molecule has 0 bridgehead atoms. The van der Waals surface area contributed by atoms with E-state index in [1.807, 2.05) is 72.1 Å². The van der Waals surface area contributed by atoms with Crippen molar-refractivity contribution in [2.75, 3.05) is 75.5 Å². The van der Waals surface area contributed by atoms with Crippen molar-refractivity contribution in [1.82, 2.24) is 68.0 Å². The van der Waals surface area contributed by atoms with E-state index in [-0.39, 0.29) is 30.1 Å². The number of nitrogens with zero attached hydrogens (tertiary/aromatic N) is 16. The zero-order valence-electron chi connectivity index (χ0n) is 46.2. The van der Waals surface area contributed by atoms with Gasteiger partial charge in [-0.25, -0.2) is 9.97 Å². The number of fused-ring (bicyclic) bond motifs is 4. The number of hydrogen-bond donors (Lipinski definition) is 0. The van der Waals surface area contributed by atoms with E-state index < -0.39 is 0 Å². The highest BCUT2D eigenvalue weighted by Gasteiger charge is 2.52. The first-order valence-corrected chi connectivity index (χ1v) is 27.7. The normalized spacial score (nSPS) is 18.0. The Hall–Kier alpha value is -6.61. The van der Waals surface area contributed by atoms with Gasteiger partial charge >= 0.3 is 7.12 Å². The number of morpholine rings is 2. The summed E-state index contributed by atoms with van der Waals surface area (Å²) in [5.41, 5.74) is 10.4. The Kier molecular flexibility index (Phi) is 14.5. The molecule has 11 heterocycles. The van der Waals surface area contributed by atoms with E-state index in [9.17, 15) is 9.59 Å². The van der Waals surface area contributed by atoms with Crippen LogP contribution in [0.4, 0.5) is 11.9 Å². The molecule has 2 aromatic carbocycles. The van der Waals surface area contributed by atoms with Gasteiger partial charge in [-0.1, -0.05) is 18.2 Å².